The molecule has 1 saturated heterocycles. The molecule has 0 aromatic carbocycles. The van der Waals surface area contributed by atoms with Crippen LogP contribution < -0.4 is 5.32 Å². The fraction of sp³-hybridized carbons (Fsp3) is 0.444. The van der Waals surface area contributed by atoms with Crippen LogP contribution in [0.2, 0.25) is 0 Å². The van der Waals surface area contributed by atoms with Crippen LogP contribution in [0.5, 0.6) is 0 Å². The zero-order valence-electron chi connectivity index (χ0n) is 9.17. The Labute approximate surface area is 112 Å². The third-order valence-corrected chi connectivity index (χ3v) is 4.98. The number of nitro groups is 1. The lowest BCUT2D eigenvalue weighted by atomic mass is 10.2. The van der Waals surface area contributed by atoms with E-state index in [9.17, 15) is 18.5 Å². The molecule has 0 saturated carbocycles. The van der Waals surface area contributed by atoms with E-state index in [4.69, 9.17) is 0 Å². The van der Waals surface area contributed by atoms with Gasteiger partial charge in [0.2, 0.25) is 0 Å². The van der Waals surface area contributed by atoms with Crippen LogP contribution in [0.4, 0.5) is 11.5 Å². The molecule has 1 aliphatic rings. The quantitative estimate of drug-likeness (QED) is 0.660. The Kier molecular flexibility index (Phi) is 3.53. The number of aromatic nitrogens is 1. The van der Waals surface area contributed by atoms with Gasteiger partial charge in [-0.1, -0.05) is 0 Å². The Morgan fingerprint density at radius 2 is 2.28 bits per heavy atom. The Bertz CT molecular complexity index is 589. The van der Waals surface area contributed by atoms with E-state index in [0.29, 0.717) is 16.7 Å². The molecule has 9 heteroatoms. The average molecular weight is 336 g/mol. The summed E-state index contributed by atoms with van der Waals surface area (Å²) in [7, 11) is -2.96. The molecule has 7 nitrogen and oxygen atoms in total. The molecule has 1 atom stereocenters. The molecule has 1 N–H and O–H groups in total. The standard InChI is InChI=1S/C9H10BrN3O4S/c10-8-3-7(13(14)15)4-11-9(8)12-6-1-2-18(16,17)5-6/h3-4,6H,1-2,5H2,(H,11,12). The monoisotopic (exact) mass is 335 g/mol. The number of nitrogens with zero attached hydrogens (tertiary/aromatic N) is 2. The number of sulfone groups is 1. The van der Waals surface area contributed by atoms with Crippen molar-refractivity contribution in [2.45, 2.75) is 12.5 Å². The third kappa shape index (κ3) is 2.96. The molecule has 98 valence electrons. The van der Waals surface area contributed by atoms with Gasteiger partial charge in [0.25, 0.3) is 5.69 Å². The first-order valence-electron chi connectivity index (χ1n) is 5.14. The van der Waals surface area contributed by atoms with Crippen LogP contribution in [0, 0.1) is 10.1 Å². The molecule has 0 amide bonds. The van der Waals surface area contributed by atoms with Crippen LogP contribution in [0.15, 0.2) is 16.7 Å². The number of anilines is 1. The van der Waals surface area contributed by atoms with E-state index in [2.05, 4.69) is 26.2 Å². The molecule has 18 heavy (non-hydrogen) atoms. The normalized spacial score (nSPS) is 21.7. The Hall–Kier alpha value is -1.22. The second kappa shape index (κ2) is 4.81. The Balaban J connectivity index is 2.13. The van der Waals surface area contributed by atoms with Gasteiger partial charge in [-0.05, 0) is 22.4 Å². The maximum atomic E-state index is 11.3. The van der Waals surface area contributed by atoms with Crippen LogP contribution in [0.25, 0.3) is 0 Å². The van der Waals surface area contributed by atoms with Crippen molar-refractivity contribution in [2.24, 2.45) is 0 Å². The van der Waals surface area contributed by atoms with Crippen molar-refractivity contribution in [3.05, 3.63) is 26.9 Å². The lowest BCUT2D eigenvalue weighted by Crippen LogP contribution is -2.21. The molecule has 0 aliphatic carbocycles. The topological polar surface area (TPSA) is 102 Å². The van der Waals surface area contributed by atoms with Crippen molar-refractivity contribution in [2.75, 3.05) is 16.8 Å². The molecule has 1 aliphatic heterocycles. The summed E-state index contributed by atoms with van der Waals surface area (Å²) in [4.78, 5) is 13.9. The molecule has 1 aromatic rings. The highest BCUT2D eigenvalue weighted by atomic mass is 79.9. The second-order valence-corrected chi connectivity index (χ2v) is 7.11. The van der Waals surface area contributed by atoms with Gasteiger partial charge in [-0.3, -0.25) is 10.1 Å². The predicted octanol–water partition coefficient (Wildman–Crippen LogP) is 1.35. The molecule has 2 heterocycles. The summed E-state index contributed by atoms with van der Waals surface area (Å²) in [5.74, 6) is 0.649. The number of halogens is 1. The molecule has 0 bridgehead atoms. The number of hydrogen-bond acceptors (Lipinski definition) is 6. The lowest BCUT2D eigenvalue weighted by molar-refractivity contribution is -0.385. The van der Waals surface area contributed by atoms with Gasteiger partial charge >= 0.3 is 0 Å². The summed E-state index contributed by atoms with van der Waals surface area (Å²) in [6, 6.07) is 1.14. The first-order valence-corrected chi connectivity index (χ1v) is 7.76. The largest absolute Gasteiger partial charge is 0.365 e. The summed E-state index contributed by atoms with van der Waals surface area (Å²) in [5.41, 5.74) is -0.119. The summed E-state index contributed by atoms with van der Waals surface area (Å²) in [5, 5.41) is 13.5. The van der Waals surface area contributed by atoms with Gasteiger partial charge in [-0.2, -0.15) is 0 Å². The molecule has 2 rings (SSSR count). The smallest absolute Gasteiger partial charge is 0.288 e. The number of rotatable bonds is 3. The summed E-state index contributed by atoms with van der Waals surface area (Å²) >= 11 is 3.17. The van der Waals surface area contributed by atoms with E-state index < -0.39 is 14.8 Å². The van der Waals surface area contributed by atoms with Gasteiger partial charge < -0.3 is 5.32 Å². The molecular formula is C9H10BrN3O4S. The second-order valence-electron chi connectivity index (χ2n) is 4.03. The van der Waals surface area contributed by atoms with Gasteiger partial charge in [0.05, 0.1) is 20.9 Å². The zero-order chi connectivity index (χ0) is 13.3. The SMILES string of the molecule is O=[N+]([O-])c1cnc(NC2CCS(=O)(=O)C2)c(Br)c1. The van der Waals surface area contributed by atoms with Gasteiger partial charge in [0.15, 0.2) is 9.84 Å². The first kappa shape index (κ1) is 13.2. The Morgan fingerprint density at radius 3 is 2.78 bits per heavy atom. The minimum absolute atomic E-state index is 0.0676. The van der Waals surface area contributed by atoms with E-state index >= 15 is 0 Å². The third-order valence-electron chi connectivity index (χ3n) is 2.61. The molecule has 1 aromatic heterocycles. The highest BCUT2D eigenvalue weighted by Gasteiger charge is 2.28. The molecular weight excluding hydrogens is 326 g/mol. The van der Waals surface area contributed by atoms with E-state index in [-0.39, 0.29) is 23.2 Å². The average Bonchev–Trinajstić information content (AvgIpc) is 2.61. The van der Waals surface area contributed by atoms with Crippen LogP contribution in [-0.2, 0) is 9.84 Å². The van der Waals surface area contributed by atoms with Crippen LogP contribution >= 0.6 is 15.9 Å². The summed E-state index contributed by atoms with van der Waals surface area (Å²) in [6.07, 6.45) is 1.66. The van der Waals surface area contributed by atoms with E-state index in [1.807, 2.05) is 0 Å². The minimum Gasteiger partial charge on any atom is -0.365 e. The van der Waals surface area contributed by atoms with Crippen LogP contribution in [0.1, 0.15) is 6.42 Å². The summed E-state index contributed by atoms with van der Waals surface area (Å²) in [6.45, 7) is 0. The fourth-order valence-corrected chi connectivity index (χ4v) is 3.86. The van der Waals surface area contributed by atoms with E-state index in [1.54, 1.807) is 0 Å². The minimum atomic E-state index is -2.96. The number of nitrogens with one attached hydrogen (secondary N) is 1. The van der Waals surface area contributed by atoms with Crippen molar-refractivity contribution >= 4 is 37.3 Å². The van der Waals surface area contributed by atoms with Gasteiger partial charge in [0, 0.05) is 12.1 Å². The van der Waals surface area contributed by atoms with Gasteiger partial charge in [0.1, 0.15) is 12.0 Å². The van der Waals surface area contributed by atoms with Crippen LogP contribution in [-0.4, -0.2) is 35.9 Å². The Morgan fingerprint density at radius 1 is 1.56 bits per heavy atom. The van der Waals surface area contributed by atoms with Crippen molar-refractivity contribution in [1.29, 1.82) is 0 Å². The zero-order valence-corrected chi connectivity index (χ0v) is 11.6. The highest BCUT2D eigenvalue weighted by Crippen LogP contribution is 2.26. The van der Waals surface area contributed by atoms with Gasteiger partial charge in [-0.15, -0.1) is 0 Å². The molecule has 0 radical (unpaired) electrons. The molecule has 0 spiro atoms. The van der Waals surface area contributed by atoms with E-state index in [1.165, 1.54) is 6.07 Å². The number of hydrogen-bond donors (Lipinski definition) is 1. The maximum absolute atomic E-state index is 11.3. The van der Waals surface area contributed by atoms with E-state index in [0.717, 1.165) is 6.20 Å². The van der Waals surface area contributed by atoms with Crippen molar-refractivity contribution in [3.8, 4) is 0 Å². The van der Waals surface area contributed by atoms with Crippen molar-refractivity contribution in [3.63, 3.8) is 0 Å². The first-order chi connectivity index (χ1) is 8.37. The fourth-order valence-electron chi connectivity index (χ4n) is 1.74. The maximum Gasteiger partial charge on any atom is 0.288 e. The predicted molar refractivity (Wildman–Crippen MR) is 69.3 cm³/mol. The molecule has 1 unspecified atom stereocenters. The van der Waals surface area contributed by atoms with Crippen molar-refractivity contribution < 1.29 is 13.3 Å². The molecule has 1 fully saturated rings. The van der Waals surface area contributed by atoms with Gasteiger partial charge in [-0.25, -0.2) is 13.4 Å². The van der Waals surface area contributed by atoms with Crippen molar-refractivity contribution in [1.82, 2.24) is 4.98 Å². The number of pyridine rings is 1. The summed E-state index contributed by atoms with van der Waals surface area (Å²) < 4.78 is 23.0. The lowest BCUT2D eigenvalue weighted by Gasteiger charge is -2.12. The highest BCUT2D eigenvalue weighted by molar-refractivity contribution is 9.10. The van der Waals surface area contributed by atoms with Crippen LogP contribution in [0.3, 0.4) is 0 Å².